The fourth-order valence-electron chi connectivity index (χ4n) is 3.38. The van der Waals surface area contributed by atoms with Crippen LogP contribution in [0, 0.1) is 11.8 Å². The average molecular weight is 419 g/mol. The molecule has 0 N–H and O–H groups in total. The number of unbranched alkanes of at least 4 members (excludes halogenated alkanes) is 5. The Morgan fingerprint density at radius 3 is 2.10 bits per heavy atom. The molecule has 170 valence electrons. The zero-order chi connectivity index (χ0) is 22.2. The Labute approximate surface area is 183 Å². The standard InChI is InChI=1S/C26H42O4/c1-5-7-15-22(6-2)20-30-26(28)24-17-13-16-23(19-24)25(27)29-18-12-10-8-9-11-14-21(3)4/h13,16-17,19,21-22H,5-12,14-15,18,20H2,1-4H3/t22-/m1/s1. The van der Waals surface area contributed by atoms with E-state index in [1.165, 1.54) is 25.7 Å². The van der Waals surface area contributed by atoms with Crippen LogP contribution >= 0.6 is 0 Å². The van der Waals surface area contributed by atoms with Crippen molar-refractivity contribution < 1.29 is 19.1 Å². The molecule has 1 aromatic carbocycles. The van der Waals surface area contributed by atoms with Gasteiger partial charge in [0, 0.05) is 0 Å². The van der Waals surface area contributed by atoms with Crippen molar-refractivity contribution >= 4 is 11.9 Å². The summed E-state index contributed by atoms with van der Waals surface area (Å²) in [4.78, 5) is 24.7. The minimum absolute atomic E-state index is 0.374. The second-order valence-electron chi connectivity index (χ2n) is 8.68. The molecule has 0 bridgehead atoms. The third kappa shape index (κ3) is 11.4. The Kier molecular flexibility index (Phi) is 13.9. The molecular weight excluding hydrogens is 376 g/mol. The summed E-state index contributed by atoms with van der Waals surface area (Å²) in [6.45, 7) is 9.65. The first-order chi connectivity index (χ1) is 14.5. The molecule has 0 heterocycles. The molecule has 0 spiro atoms. The third-order valence-electron chi connectivity index (χ3n) is 5.49. The van der Waals surface area contributed by atoms with E-state index in [1.807, 2.05) is 0 Å². The van der Waals surface area contributed by atoms with Crippen LogP contribution in [-0.4, -0.2) is 25.2 Å². The maximum atomic E-state index is 12.4. The number of carbonyl (C=O) groups is 2. The molecule has 0 fully saturated rings. The van der Waals surface area contributed by atoms with E-state index in [0.29, 0.717) is 30.3 Å². The van der Waals surface area contributed by atoms with Gasteiger partial charge >= 0.3 is 11.9 Å². The quantitative estimate of drug-likeness (QED) is 0.210. The number of hydrogen-bond acceptors (Lipinski definition) is 4. The molecule has 0 unspecified atom stereocenters. The van der Waals surface area contributed by atoms with E-state index in [4.69, 9.17) is 9.47 Å². The van der Waals surface area contributed by atoms with E-state index in [-0.39, 0.29) is 11.9 Å². The molecule has 1 rings (SSSR count). The minimum Gasteiger partial charge on any atom is -0.462 e. The maximum Gasteiger partial charge on any atom is 0.338 e. The maximum absolute atomic E-state index is 12.4. The van der Waals surface area contributed by atoms with Gasteiger partial charge in [0.05, 0.1) is 24.3 Å². The van der Waals surface area contributed by atoms with Crippen molar-refractivity contribution in [2.75, 3.05) is 13.2 Å². The predicted octanol–water partition coefficient (Wildman–Crippen LogP) is 7.21. The van der Waals surface area contributed by atoms with E-state index in [2.05, 4.69) is 27.7 Å². The molecule has 0 aliphatic rings. The molecule has 0 amide bonds. The Morgan fingerprint density at radius 2 is 1.47 bits per heavy atom. The number of benzene rings is 1. The van der Waals surface area contributed by atoms with E-state index in [1.54, 1.807) is 24.3 Å². The van der Waals surface area contributed by atoms with Crippen LogP contribution < -0.4 is 0 Å². The van der Waals surface area contributed by atoms with Crippen molar-refractivity contribution in [3.05, 3.63) is 35.4 Å². The number of esters is 2. The van der Waals surface area contributed by atoms with Gasteiger partial charge in [0.2, 0.25) is 0 Å². The minimum atomic E-state index is -0.376. The van der Waals surface area contributed by atoms with Crippen LogP contribution in [0.15, 0.2) is 24.3 Å². The molecule has 1 atom stereocenters. The lowest BCUT2D eigenvalue weighted by Crippen LogP contribution is -2.15. The first-order valence-corrected chi connectivity index (χ1v) is 11.9. The van der Waals surface area contributed by atoms with Crippen LogP contribution in [0.1, 0.15) is 113 Å². The van der Waals surface area contributed by atoms with Gasteiger partial charge in [-0.2, -0.15) is 0 Å². The van der Waals surface area contributed by atoms with E-state index >= 15 is 0 Å². The van der Waals surface area contributed by atoms with Crippen molar-refractivity contribution in [2.24, 2.45) is 11.8 Å². The Hall–Kier alpha value is -1.84. The van der Waals surface area contributed by atoms with Crippen LogP contribution in [0.2, 0.25) is 0 Å². The van der Waals surface area contributed by atoms with E-state index < -0.39 is 0 Å². The largest absolute Gasteiger partial charge is 0.462 e. The molecular formula is C26H42O4. The fourth-order valence-corrected chi connectivity index (χ4v) is 3.38. The van der Waals surface area contributed by atoms with Gasteiger partial charge in [-0.15, -0.1) is 0 Å². The highest BCUT2D eigenvalue weighted by molar-refractivity contribution is 5.95. The van der Waals surface area contributed by atoms with Crippen LogP contribution in [0.5, 0.6) is 0 Å². The Balaban J connectivity index is 2.35. The van der Waals surface area contributed by atoms with E-state index in [9.17, 15) is 9.59 Å². The van der Waals surface area contributed by atoms with Crippen molar-refractivity contribution in [2.45, 2.75) is 91.9 Å². The highest BCUT2D eigenvalue weighted by Crippen LogP contribution is 2.15. The average Bonchev–Trinajstić information content (AvgIpc) is 2.75. The van der Waals surface area contributed by atoms with E-state index in [0.717, 1.165) is 44.4 Å². The highest BCUT2D eigenvalue weighted by atomic mass is 16.5. The summed E-state index contributed by atoms with van der Waals surface area (Å²) < 4.78 is 10.9. The molecule has 0 aromatic heterocycles. The van der Waals surface area contributed by atoms with Crippen molar-refractivity contribution in [1.82, 2.24) is 0 Å². The lowest BCUT2D eigenvalue weighted by atomic mass is 10.0. The second-order valence-corrected chi connectivity index (χ2v) is 8.68. The summed E-state index contributed by atoms with van der Waals surface area (Å²) in [7, 11) is 0. The third-order valence-corrected chi connectivity index (χ3v) is 5.49. The predicted molar refractivity (Wildman–Crippen MR) is 123 cm³/mol. The fraction of sp³-hybridized carbons (Fsp3) is 0.692. The summed E-state index contributed by atoms with van der Waals surface area (Å²) in [5.41, 5.74) is 0.805. The van der Waals surface area contributed by atoms with Crippen LogP contribution in [-0.2, 0) is 9.47 Å². The zero-order valence-corrected chi connectivity index (χ0v) is 19.6. The van der Waals surface area contributed by atoms with Gasteiger partial charge in [-0.1, -0.05) is 85.1 Å². The van der Waals surface area contributed by atoms with Crippen molar-refractivity contribution in [1.29, 1.82) is 0 Å². The molecule has 0 aliphatic carbocycles. The summed E-state index contributed by atoms with van der Waals surface area (Å²) in [5.74, 6) is 0.417. The van der Waals surface area contributed by atoms with Gasteiger partial charge in [0.1, 0.15) is 0 Å². The van der Waals surface area contributed by atoms with Crippen molar-refractivity contribution in [3.63, 3.8) is 0 Å². The summed E-state index contributed by atoms with van der Waals surface area (Å²) >= 11 is 0. The van der Waals surface area contributed by atoms with Crippen LogP contribution in [0.25, 0.3) is 0 Å². The Morgan fingerprint density at radius 1 is 0.833 bits per heavy atom. The van der Waals surface area contributed by atoms with Gasteiger partial charge in [0.15, 0.2) is 0 Å². The van der Waals surface area contributed by atoms with Gasteiger partial charge < -0.3 is 9.47 Å². The second kappa shape index (κ2) is 15.9. The topological polar surface area (TPSA) is 52.6 Å². The summed E-state index contributed by atoms with van der Waals surface area (Å²) in [5, 5.41) is 0. The smallest absolute Gasteiger partial charge is 0.338 e. The molecule has 4 nitrogen and oxygen atoms in total. The normalized spacial score (nSPS) is 12.0. The number of rotatable bonds is 16. The lowest BCUT2D eigenvalue weighted by Gasteiger charge is -2.14. The number of hydrogen-bond donors (Lipinski definition) is 0. The molecule has 4 heteroatoms. The van der Waals surface area contributed by atoms with Gasteiger partial charge in [-0.25, -0.2) is 9.59 Å². The van der Waals surface area contributed by atoms with Crippen LogP contribution in [0.3, 0.4) is 0 Å². The molecule has 0 aliphatic heterocycles. The summed E-state index contributed by atoms with van der Waals surface area (Å²) in [6.07, 6.45) is 11.3. The highest BCUT2D eigenvalue weighted by Gasteiger charge is 2.14. The SMILES string of the molecule is CCCC[C@@H](CC)COC(=O)c1cccc(C(=O)OCCCCCCCC(C)C)c1. The van der Waals surface area contributed by atoms with Gasteiger partial charge in [0.25, 0.3) is 0 Å². The first kappa shape index (κ1) is 26.2. The number of carbonyl (C=O) groups excluding carboxylic acids is 2. The molecule has 30 heavy (non-hydrogen) atoms. The lowest BCUT2D eigenvalue weighted by molar-refractivity contribution is 0.0428. The van der Waals surface area contributed by atoms with Gasteiger partial charge in [-0.3, -0.25) is 0 Å². The molecule has 1 aromatic rings. The molecule has 0 saturated carbocycles. The Bertz CT molecular complexity index is 609. The van der Waals surface area contributed by atoms with Crippen molar-refractivity contribution in [3.8, 4) is 0 Å². The zero-order valence-electron chi connectivity index (χ0n) is 19.6. The van der Waals surface area contributed by atoms with Gasteiger partial charge in [-0.05, 0) is 42.9 Å². The molecule has 0 radical (unpaired) electrons. The molecule has 0 saturated heterocycles. The first-order valence-electron chi connectivity index (χ1n) is 11.9. The monoisotopic (exact) mass is 418 g/mol. The van der Waals surface area contributed by atoms with Crippen LogP contribution in [0.4, 0.5) is 0 Å². The summed E-state index contributed by atoms with van der Waals surface area (Å²) in [6, 6.07) is 6.64. The number of ether oxygens (including phenoxy) is 2.